The van der Waals surface area contributed by atoms with Gasteiger partial charge >= 0.3 is 0 Å². The molecular weight excluding hydrogens is 382 g/mol. The van der Waals surface area contributed by atoms with E-state index < -0.39 is 0 Å². The summed E-state index contributed by atoms with van der Waals surface area (Å²) in [5, 5.41) is 4.58. The van der Waals surface area contributed by atoms with Crippen LogP contribution in [0.3, 0.4) is 0 Å². The van der Waals surface area contributed by atoms with Gasteiger partial charge in [0.25, 0.3) is 0 Å². The summed E-state index contributed by atoms with van der Waals surface area (Å²) in [6.45, 7) is 5.49. The van der Waals surface area contributed by atoms with Gasteiger partial charge in [0, 0.05) is 43.2 Å². The van der Waals surface area contributed by atoms with Gasteiger partial charge in [0.2, 0.25) is 0 Å². The molecule has 0 spiro atoms. The van der Waals surface area contributed by atoms with E-state index in [1.165, 1.54) is 16.7 Å². The first-order valence-electron chi connectivity index (χ1n) is 10.8. The van der Waals surface area contributed by atoms with Gasteiger partial charge in [-0.3, -0.25) is 4.90 Å². The zero-order valence-corrected chi connectivity index (χ0v) is 18.2. The summed E-state index contributed by atoms with van der Waals surface area (Å²) in [6.07, 6.45) is 0. The summed E-state index contributed by atoms with van der Waals surface area (Å²) in [6, 6.07) is 29.6. The Hall–Kier alpha value is -3.37. The highest BCUT2D eigenvalue weighted by molar-refractivity contribution is 5.83. The van der Waals surface area contributed by atoms with Gasteiger partial charge in [0.15, 0.2) is 0 Å². The van der Waals surface area contributed by atoms with Crippen LogP contribution >= 0.6 is 0 Å². The van der Waals surface area contributed by atoms with Crippen LogP contribution in [0.15, 0.2) is 84.9 Å². The largest absolute Gasteiger partial charge is 0.497 e. The molecule has 4 aromatic rings. The maximum Gasteiger partial charge on any atom is 0.131 e. The Kier molecular flexibility index (Phi) is 6.80. The van der Waals surface area contributed by atoms with Gasteiger partial charge in [-0.15, -0.1) is 0 Å². The summed E-state index contributed by atoms with van der Waals surface area (Å²) in [4.78, 5) is 7.39. The van der Waals surface area contributed by atoms with E-state index in [4.69, 9.17) is 9.72 Å². The van der Waals surface area contributed by atoms with Crippen molar-refractivity contribution < 1.29 is 4.74 Å². The van der Waals surface area contributed by atoms with Crippen LogP contribution in [0.2, 0.25) is 0 Å². The molecule has 4 heteroatoms. The molecule has 4 rings (SSSR count). The van der Waals surface area contributed by atoms with Gasteiger partial charge < -0.3 is 10.1 Å². The maximum absolute atomic E-state index is 5.38. The fourth-order valence-electron chi connectivity index (χ4n) is 3.85. The minimum absolute atomic E-state index is 0.807. The number of nitrogens with one attached hydrogen (secondary N) is 1. The van der Waals surface area contributed by atoms with E-state index >= 15 is 0 Å². The van der Waals surface area contributed by atoms with Crippen LogP contribution in [0.5, 0.6) is 5.75 Å². The lowest BCUT2D eigenvalue weighted by Crippen LogP contribution is -2.23. The number of nitrogens with zero attached hydrogens (tertiary/aromatic N) is 2. The van der Waals surface area contributed by atoms with Crippen LogP contribution < -0.4 is 10.1 Å². The molecular formula is C27H29N3O. The van der Waals surface area contributed by atoms with Crippen molar-refractivity contribution in [3.8, 4) is 5.75 Å². The van der Waals surface area contributed by atoms with Gasteiger partial charge in [-0.25, -0.2) is 4.98 Å². The first-order chi connectivity index (χ1) is 15.2. The van der Waals surface area contributed by atoms with Crippen molar-refractivity contribution in [1.82, 2.24) is 9.88 Å². The first-order valence-corrected chi connectivity index (χ1v) is 10.8. The quantitative estimate of drug-likeness (QED) is 0.373. The molecule has 1 N–H and O–H groups in total. The highest BCUT2D eigenvalue weighted by Crippen LogP contribution is 2.26. The Balaban J connectivity index is 1.67. The second-order valence-electron chi connectivity index (χ2n) is 7.70. The van der Waals surface area contributed by atoms with Crippen LogP contribution in [0.25, 0.3) is 10.9 Å². The number of hydrogen-bond donors (Lipinski definition) is 1. The zero-order chi connectivity index (χ0) is 21.5. The highest BCUT2D eigenvalue weighted by atomic mass is 16.5. The summed E-state index contributed by atoms with van der Waals surface area (Å²) < 4.78 is 5.38. The second-order valence-corrected chi connectivity index (χ2v) is 7.70. The molecule has 158 valence electrons. The molecule has 3 aromatic carbocycles. The molecule has 4 nitrogen and oxygen atoms in total. The van der Waals surface area contributed by atoms with Crippen molar-refractivity contribution in [2.45, 2.75) is 26.6 Å². The van der Waals surface area contributed by atoms with Crippen molar-refractivity contribution in [3.63, 3.8) is 0 Å². The van der Waals surface area contributed by atoms with E-state index in [1.807, 2.05) is 12.1 Å². The topological polar surface area (TPSA) is 37.4 Å². The van der Waals surface area contributed by atoms with Crippen molar-refractivity contribution in [1.29, 1.82) is 0 Å². The molecule has 1 heterocycles. The Morgan fingerprint density at radius 3 is 2.03 bits per heavy atom. The molecule has 0 aliphatic heterocycles. The smallest absolute Gasteiger partial charge is 0.131 e. The molecule has 31 heavy (non-hydrogen) atoms. The van der Waals surface area contributed by atoms with E-state index in [0.717, 1.165) is 48.6 Å². The van der Waals surface area contributed by atoms with Crippen LogP contribution in [-0.2, 0) is 19.6 Å². The first kappa shape index (κ1) is 20.9. The number of hydrogen-bond acceptors (Lipinski definition) is 4. The maximum atomic E-state index is 5.38. The molecule has 0 saturated carbocycles. The van der Waals surface area contributed by atoms with Crippen LogP contribution in [-0.4, -0.2) is 23.5 Å². The number of rotatable bonds is 9. The summed E-state index contributed by atoms with van der Waals surface area (Å²) >= 11 is 0. The van der Waals surface area contributed by atoms with Gasteiger partial charge in [0.1, 0.15) is 11.6 Å². The minimum Gasteiger partial charge on any atom is -0.497 e. The number of aromatic nitrogens is 1. The Morgan fingerprint density at radius 2 is 1.45 bits per heavy atom. The summed E-state index contributed by atoms with van der Waals surface area (Å²) in [5.41, 5.74) is 4.76. The molecule has 0 aliphatic rings. The van der Waals surface area contributed by atoms with E-state index in [1.54, 1.807) is 7.11 Å². The number of fused-ring (bicyclic) bond motifs is 1. The van der Waals surface area contributed by atoms with Crippen LogP contribution in [0.1, 0.15) is 23.6 Å². The van der Waals surface area contributed by atoms with Gasteiger partial charge in [-0.1, -0.05) is 60.7 Å². The third-order valence-corrected chi connectivity index (χ3v) is 5.34. The second kappa shape index (κ2) is 10.1. The highest BCUT2D eigenvalue weighted by Gasteiger charge is 2.14. The Morgan fingerprint density at radius 1 is 0.806 bits per heavy atom. The molecule has 0 atom stereocenters. The van der Waals surface area contributed by atoms with E-state index in [0.29, 0.717) is 0 Å². The van der Waals surface area contributed by atoms with Crippen LogP contribution in [0.4, 0.5) is 5.82 Å². The van der Waals surface area contributed by atoms with E-state index in [-0.39, 0.29) is 0 Å². The molecule has 0 radical (unpaired) electrons. The lowest BCUT2D eigenvalue weighted by atomic mass is 10.1. The average molecular weight is 412 g/mol. The van der Waals surface area contributed by atoms with Crippen molar-refractivity contribution in [2.75, 3.05) is 19.0 Å². The Labute approximate surface area is 184 Å². The van der Waals surface area contributed by atoms with Crippen molar-refractivity contribution in [2.24, 2.45) is 0 Å². The average Bonchev–Trinajstić information content (AvgIpc) is 2.80. The lowest BCUT2D eigenvalue weighted by Gasteiger charge is -2.24. The summed E-state index contributed by atoms with van der Waals surface area (Å²) in [7, 11) is 1.69. The van der Waals surface area contributed by atoms with E-state index in [9.17, 15) is 0 Å². The van der Waals surface area contributed by atoms with Crippen LogP contribution in [0, 0.1) is 0 Å². The molecule has 0 unspecified atom stereocenters. The third kappa shape index (κ3) is 5.41. The predicted octanol–water partition coefficient (Wildman–Crippen LogP) is 5.88. The number of anilines is 1. The number of benzene rings is 3. The van der Waals surface area contributed by atoms with Gasteiger partial charge in [-0.2, -0.15) is 0 Å². The van der Waals surface area contributed by atoms with E-state index in [2.05, 4.69) is 89.9 Å². The molecule has 0 aliphatic carbocycles. The summed E-state index contributed by atoms with van der Waals surface area (Å²) in [5.74, 6) is 1.76. The molecule has 1 aromatic heterocycles. The standard InChI is InChI=1S/C27H29N3O/c1-3-28-27-24(16-23-14-15-25(31-2)17-26(23)29-27)20-30(18-21-10-6-4-7-11-21)19-22-12-8-5-9-13-22/h4-17H,3,18-20H2,1-2H3,(H,28,29). The fraction of sp³-hybridized carbons (Fsp3) is 0.222. The normalized spacial score (nSPS) is 11.1. The molecule has 0 bridgehead atoms. The molecule has 0 amide bonds. The number of ether oxygens (including phenoxy) is 1. The molecule has 0 fully saturated rings. The van der Waals surface area contributed by atoms with Gasteiger partial charge in [-0.05, 0) is 36.2 Å². The number of pyridine rings is 1. The minimum atomic E-state index is 0.807. The fourth-order valence-corrected chi connectivity index (χ4v) is 3.85. The molecule has 0 saturated heterocycles. The third-order valence-electron chi connectivity index (χ3n) is 5.34. The van der Waals surface area contributed by atoms with Crippen molar-refractivity contribution >= 4 is 16.7 Å². The lowest BCUT2D eigenvalue weighted by molar-refractivity contribution is 0.248. The van der Waals surface area contributed by atoms with Crippen molar-refractivity contribution in [3.05, 3.63) is 102 Å². The zero-order valence-electron chi connectivity index (χ0n) is 18.2. The Bertz CT molecular complexity index is 1070. The SMILES string of the molecule is CCNc1nc2cc(OC)ccc2cc1CN(Cc1ccccc1)Cc1ccccc1. The number of methoxy groups -OCH3 is 1. The predicted molar refractivity (Wildman–Crippen MR) is 128 cm³/mol. The van der Waals surface area contributed by atoms with Gasteiger partial charge in [0.05, 0.1) is 12.6 Å². The monoisotopic (exact) mass is 411 g/mol.